The molecule has 2 rings (SSSR count). The smallest absolute Gasteiger partial charge is 0.141 e. The van der Waals surface area contributed by atoms with Gasteiger partial charge in [0.25, 0.3) is 0 Å². The van der Waals surface area contributed by atoms with Crippen LogP contribution in [0.1, 0.15) is 40.4 Å². The fourth-order valence-electron chi connectivity index (χ4n) is 2.57. The molecule has 1 saturated heterocycles. The Morgan fingerprint density at radius 1 is 1.47 bits per heavy atom. The molecule has 0 spiro atoms. The zero-order chi connectivity index (χ0) is 14.0. The summed E-state index contributed by atoms with van der Waals surface area (Å²) in [7, 11) is 0. The van der Waals surface area contributed by atoms with Gasteiger partial charge in [-0.25, -0.2) is 9.67 Å². The number of nitrogens with zero attached hydrogens (tertiary/aromatic N) is 4. The maximum atomic E-state index is 4.44. The summed E-state index contributed by atoms with van der Waals surface area (Å²) < 4.78 is 2.05. The van der Waals surface area contributed by atoms with E-state index < -0.39 is 0 Å². The van der Waals surface area contributed by atoms with Gasteiger partial charge in [-0.05, 0) is 26.7 Å². The van der Waals surface area contributed by atoms with E-state index in [0.29, 0.717) is 12.0 Å². The van der Waals surface area contributed by atoms with Crippen molar-refractivity contribution in [3.8, 4) is 0 Å². The maximum Gasteiger partial charge on any atom is 0.141 e. The van der Waals surface area contributed by atoms with E-state index >= 15 is 0 Å². The van der Waals surface area contributed by atoms with Crippen LogP contribution in [0.15, 0.2) is 6.33 Å². The van der Waals surface area contributed by atoms with Crippen molar-refractivity contribution in [2.75, 3.05) is 13.1 Å². The summed E-state index contributed by atoms with van der Waals surface area (Å²) in [6.45, 7) is 15.1. The molecule has 5 nitrogen and oxygen atoms in total. The SMILES string of the molecule is CC(C)Cn1ncnc1CN1CC(C)(C)NCC1C. The van der Waals surface area contributed by atoms with Crippen molar-refractivity contribution in [3.63, 3.8) is 0 Å². The Balaban J connectivity index is 2.05. The minimum atomic E-state index is 0.176. The van der Waals surface area contributed by atoms with Crippen molar-refractivity contribution >= 4 is 0 Å². The van der Waals surface area contributed by atoms with E-state index in [2.05, 4.69) is 54.9 Å². The van der Waals surface area contributed by atoms with Gasteiger partial charge < -0.3 is 5.32 Å². The molecule has 0 aliphatic carbocycles. The van der Waals surface area contributed by atoms with Gasteiger partial charge in [0.1, 0.15) is 12.2 Å². The van der Waals surface area contributed by atoms with Crippen LogP contribution in [-0.4, -0.2) is 44.3 Å². The molecule has 1 aromatic rings. The molecule has 0 aromatic carbocycles. The molecule has 108 valence electrons. The van der Waals surface area contributed by atoms with Gasteiger partial charge in [0.05, 0.1) is 6.54 Å². The lowest BCUT2D eigenvalue weighted by atomic mass is 9.99. The predicted molar refractivity (Wildman–Crippen MR) is 76.8 cm³/mol. The Morgan fingerprint density at radius 2 is 2.21 bits per heavy atom. The van der Waals surface area contributed by atoms with Crippen molar-refractivity contribution in [1.82, 2.24) is 25.0 Å². The number of hydrogen-bond donors (Lipinski definition) is 1. The van der Waals surface area contributed by atoms with Crippen molar-refractivity contribution in [2.45, 2.75) is 59.3 Å². The Morgan fingerprint density at radius 3 is 2.89 bits per heavy atom. The molecule has 19 heavy (non-hydrogen) atoms. The summed E-state index contributed by atoms with van der Waals surface area (Å²) in [4.78, 5) is 6.93. The second-order valence-electron chi connectivity index (χ2n) is 6.77. The first-order valence-corrected chi connectivity index (χ1v) is 7.23. The second-order valence-corrected chi connectivity index (χ2v) is 6.77. The summed E-state index contributed by atoms with van der Waals surface area (Å²) in [5, 5.41) is 7.93. The fourth-order valence-corrected chi connectivity index (χ4v) is 2.57. The zero-order valence-electron chi connectivity index (χ0n) is 12.8. The number of piperazine rings is 1. The molecule has 1 aliphatic rings. The minimum absolute atomic E-state index is 0.176. The molecule has 2 heterocycles. The van der Waals surface area contributed by atoms with Crippen LogP contribution in [-0.2, 0) is 13.1 Å². The van der Waals surface area contributed by atoms with Crippen molar-refractivity contribution in [3.05, 3.63) is 12.2 Å². The summed E-state index contributed by atoms with van der Waals surface area (Å²) >= 11 is 0. The Labute approximate surface area is 116 Å². The highest BCUT2D eigenvalue weighted by atomic mass is 15.4. The number of rotatable bonds is 4. The lowest BCUT2D eigenvalue weighted by Gasteiger charge is -2.43. The quantitative estimate of drug-likeness (QED) is 0.896. The average molecular weight is 265 g/mol. The molecule has 1 unspecified atom stereocenters. The van der Waals surface area contributed by atoms with E-state index in [1.165, 1.54) is 0 Å². The fraction of sp³-hybridized carbons (Fsp3) is 0.857. The van der Waals surface area contributed by atoms with Crippen LogP contribution in [0.25, 0.3) is 0 Å². The third kappa shape index (κ3) is 3.76. The van der Waals surface area contributed by atoms with Crippen molar-refractivity contribution in [2.24, 2.45) is 5.92 Å². The minimum Gasteiger partial charge on any atom is -0.309 e. The molecule has 0 radical (unpaired) electrons. The van der Waals surface area contributed by atoms with Gasteiger partial charge in [0.2, 0.25) is 0 Å². The van der Waals surface area contributed by atoms with Gasteiger partial charge in [-0.2, -0.15) is 5.10 Å². The Bertz CT molecular complexity index is 410. The Hall–Kier alpha value is -0.940. The molecule has 1 aliphatic heterocycles. The molecule has 1 N–H and O–H groups in total. The Kier molecular flexibility index (Phi) is 4.26. The van der Waals surface area contributed by atoms with Gasteiger partial charge in [0.15, 0.2) is 0 Å². The second kappa shape index (κ2) is 5.59. The number of nitrogens with one attached hydrogen (secondary N) is 1. The van der Waals surface area contributed by atoms with E-state index in [0.717, 1.165) is 32.0 Å². The van der Waals surface area contributed by atoms with E-state index in [9.17, 15) is 0 Å². The normalized spacial score (nSPS) is 24.0. The third-order valence-electron chi connectivity index (χ3n) is 3.68. The van der Waals surface area contributed by atoms with Crippen LogP contribution >= 0.6 is 0 Å². The molecule has 0 saturated carbocycles. The number of hydrogen-bond acceptors (Lipinski definition) is 4. The van der Waals surface area contributed by atoms with Gasteiger partial charge in [-0.1, -0.05) is 13.8 Å². The highest BCUT2D eigenvalue weighted by molar-refractivity contribution is 4.94. The van der Waals surface area contributed by atoms with E-state index in [1.807, 2.05) is 4.68 Å². The largest absolute Gasteiger partial charge is 0.309 e. The van der Waals surface area contributed by atoms with Crippen LogP contribution in [0.2, 0.25) is 0 Å². The monoisotopic (exact) mass is 265 g/mol. The molecule has 0 bridgehead atoms. The van der Waals surface area contributed by atoms with Crippen LogP contribution in [0.3, 0.4) is 0 Å². The summed E-state index contributed by atoms with van der Waals surface area (Å²) in [6, 6.07) is 0.539. The molecule has 1 aromatic heterocycles. The first kappa shape index (κ1) is 14.5. The molecule has 5 heteroatoms. The first-order chi connectivity index (χ1) is 8.87. The highest BCUT2D eigenvalue weighted by Gasteiger charge is 2.30. The predicted octanol–water partition coefficient (Wildman–Crippen LogP) is 1.51. The molecular weight excluding hydrogens is 238 g/mol. The lowest BCUT2D eigenvalue weighted by Crippen LogP contribution is -2.60. The summed E-state index contributed by atoms with van der Waals surface area (Å²) in [5.41, 5.74) is 0.176. The topological polar surface area (TPSA) is 46.0 Å². The average Bonchev–Trinajstić information content (AvgIpc) is 2.70. The molecule has 1 fully saturated rings. The molecule has 1 atom stereocenters. The van der Waals surface area contributed by atoms with E-state index in [1.54, 1.807) is 6.33 Å². The van der Waals surface area contributed by atoms with Crippen LogP contribution in [0, 0.1) is 5.92 Å². The lowest BCUT2D eigenvalue weighted by molar-refractivity contribution is 0.0933. The summed E-state index contributed by atoms with van der Waals surface area (Å²) in [6.07, 6.45) is 1.68. The third-order valence-corrected chi connectivity index (χ3v) is 3.68. The molecular formula is C14H27N5. The molecule has 0 amide bonds. The standard InChI is InChI=1S/C14H27N5/c1-11(2)7-19-13(15-10-17-19)8-18-9-14(4,5)16-6-12(18)3/h10-12,16H,6-9H2,1-5H3. The maximum absolute atomic E-state index is 4.44. The van der Waals surface area contributed by atoms with Crippen LogP contribution in [0.4, 0.5) is 0 Å². The van der Waals surface area contributed by atoms with Crippen LogP contribution < -0.4 is 5.32 Å². The van der Waals surface area contributed by atoms with E-state index in [-0.39, 0.29) is 5.54 Å². The van der Waals surface area contributed by atoms with Gasteiger partial charge in [-0.3, -0.25) is 4.90 Å². The van der Waals surface area contributed by atoms with Crippen LogP contribution in [0.5, 0.6) is 0 Å². The van der Waals surface area contributed by atoms with Gasteiger partial charge in [0, 0.05) is 31.2 Å². The highest BCUT2D eigenvalue weighted by Crippen LogP contribution is 2.17. The van der Waals surface area contributed by atoms with Gasteiger partial charge in [-0.15, -0.1) is 0 Å². The van der Waals surface area contributed by atoms with Gasteiger partial charge >= 0.3 is 0 Å². The van der Waals surface area contributed by atoms with Crippen molar-refractivity contribution < 1.29 is 0 Å². The number of aromatic nitrogens is 3. The summed E-state index contributed by atoms with van der Waals surface area (Å²) in [5.74, 6) is 1.68. The van der Waals surface area contributed by atoms with E-state index in [4.69, 9.17) is 0 Å². The van der Waals surface area contributed by atoms with Crippen molar-refractivity contribution in [1.29, 1.82) is 0 Å². The first-order valence-electron chi connectivity index (χ1n) is 7.23. The zero-order valence-corrected chi connectivity index (χ0v) is 12.8.